The van der Waals surface area contributed by atoms with Crippen LogP contribution in [0.4, 0.5) is 0 Å². The van der Waals surface area contributed by atoms with E-state index in [0.717, 1.165) is 10.0 Å². The Hall–Kier alpha value is -1.52. The predicted octanol–water partition coefficient (Wildman–Crippen LogP) is 4.74. The van der Waals surface area contributed by atoms with Gasteiger partial charge in [0.05, 0.1) is 0 Å². The molecule has 3 rings (SSSR count). The summed E-state index contributed by atoms with van der Waals surface area (Å²) in [6.07, 6.45) is 5.50. The molecule has 0 fully saturated rings. The maximum Gasteiger partial charge on any atom is 0.0246 e. The zero-order valence-corrected chi connectivity index (χ0v) is 12.0. The van der Waals surface area contributed by atoms with E-state index in [1.165, 1.54) is 22.3 Å². The van der Waals surface area contributed by atoms with Crippen molar-refractivity contribution >= 4 is 15.9 Å². The van der Waals surface area contributed by atoms with Crippen LogP contribution in [0, 0.1) is 12.3 Å². The van der Waals surface area contributed by atoms with Crippen molar-refractivity contribution in [2.45, 2.75) is 19.3 Å². The van der Waals surface area contributed by atoms with Crippen molar-refractivity contribution in [3.05, 3.63) is 57.6 Å². The number of rotatable bonds is 0. The Morgan fingerprint density at radius 1 is 1.00 bits per heavy atom. The molecule has 0 aromatic heterocycles. The summed E-state index contributed by atoms with van der Waals surface area (Å²) in [7, 11) is 0. The van der Waals surface area contributed by atoms with Crippen LogP contribution in [-0.2, 0) is 5.41 Å². The third-order valence-electron chi connectivity index (χ3n) is 3.80. The highest BCUT2D eigenvalue weighted by Gasteiger charge is 2.35. The van der Waals surface area contributed by atoms with E-state index in [1.807, 2.05) is 6.07 Å². The highest BCUT2D eigenvalue weighted by Crippen LogP contribution is 2.49. The lowest BCUT2D eigenvalue weighted by atomic mass is 9.82. The van der Waals surface area contributed by atoms with Gasteiger partial charge in [-0.2, -0.15) is 0 Å². The summed E-state index contributed by atoms with van der Waals surface area (Å²) < 4.78 is 1.12. The topological polar surface area (TPSA) is 0 Å². The van der Waals surface area contributed by atoms with E-state index in [-0.39, 0.29) is 5.41 Å². The molecule has 18 heavy (non-hydrogen) atoms. The molecule has 0 saturated carbocycles. The van der Waals surface area contributed by atoms with Crippen molar-refractivity contribution in [3.8, 4) is 23.5 Å². The Balaban J connectivity index is 2.35. The highest BCUT2D eigenvalue weighted by molar-refractivity contribution is 9.10. The molecule has 0 amide bonds. The van der Waals surface area contributed by atoms with Gasteiger partial charge in [-0.15, -0.1) is 6.42 Å². The molecule has 0 unspecified atom stereocenters. The second-order valence-electron chi connectivity index (χ2n) is 5.22. The third-order valence-corrected chi connectivity index (χ3v) is 4.30. The minimum absolute atomic E-state index is 0.0152. The molecule has 0 aliphatic heterocycles. The minimum Gasteiger partial charge on any atom is -0.115 e. The maximum absolute atomic E-state index is 5.50. The highest BCUT2D eigenvalue weighted by atomic mass is 79.9. The van der Waals surface area contributed by atoms with Crippen LogP contribution in [0.5, 0.6) is 0 Å². The molecular weight excluding hydrogens is 284 g/mol. The van der Waals surface area contributed by atoms with Crippen molar-refractivity contribution in [2.75, 3.05) is 0 Å². The van der Waals surface area contributed by atoms with Crippen LogP contribution in [0.2, 0.25) is 0 Å². The number of hydrogen-bond acceptors (Lipinski definition) is 0. The molecule has 0 N–H and O–H groups in total. The quantitative estimate of drug-likeness (QED) is 0.616. The van der Waals surface area contributed by atoms with E-state index in [1.54, 1.807) is 0 Å². The zero-order valence-electron chi connectivity index (χ0n) is 10.4. The first-order valence-corrected chi connectivity index (χ1v) is 6.75. The fourth-order valence-corrected chi connectivity index (χ4v) is 3.16. The largest absolute Gasteiger partial charge is 0.115 e. The van der Waals surface area contributed by atoms with Gasteiger partial charge >= 0.3 is 0 Å². The van der Waals surface area contributed by atoms with Gasteiger partial charge in [0.25, 0.3) is 0 Å². The first kappa shape index (κ1) is 11.6. The van der Waals surface area contributed by atoms with Crippen LogP contribution >= 0.6 is 15.9 Å². The predicted molar refractivity (Wildman–Crippen MR) is 79.6 cm³/mol. The lowest BCUT2D eigenvalue weighted by molar-refractivity contribution is 0.660. The van der Waals surface area contributed by atoms with Gasteiger partial charge in [-0.05, 0) is 46.5 Å². The van der Waals surface area contributed by atoms with Crippen molar-refractivity contribution in [1.29, 1.82) is 0 Å². The van der Waals surface area contributed by atoms with E-state index >= 15 is 0 Å². The van der Waals surface area contributed by atoms with Crippen LogP contribution in [0.3, 0.4) is 0 Å². The van der Waals surface area contributed by atoms with Gasteiger partial charge in [0, 0.05) is 15.5 Å². The molecule has 1 aliphatic rings. The summed E-state index contributed by atoms with van der Waals surface area (Å²) in [6, 6.07) is 12.8. The van der Waals surface area contributed by atoms with Gasteiger partial charge in [-0.1, -0.05) is 47.8 Å². The second kappa shape index (κ2) is 3.73. The number of fused-ring (bicyclic) bond motifs is 3. The molecule has 0 saturated heterocycles. The first-order valence-electron chi connectivity index (χ1n) is 5.95. The monoisotopic (exact) mass is 296 g/mol. The number of hydrogen-bond donors (Lipinski definition) is 0. The summed E-state index contributed by atoms with van der Waals surface area (Å²) in [5.74, 6) is 2.72. The fraction of sp³-hybridized carbons (Fsp3) is 0.176. The fourth-order valence-electron chi connectivity index (χ4n) is 2.80. The molecule has 2 aromatic rings. The SMILES string of the molecule is C#Cc1ccc2c(c1)C(C)(C)c1cc(Br)ccc1-2. The molecule has 0 atom stereocenters. The van der Waals surface area contributed by atoms with Crippen molar-refractivity contribution in [1.82, 2.24) is 0 Å². The van der Waals surface area contributed by atoms with Crippen LogP contribution in [0.25, 0.3) is 11.1 Å². The van der Waals surface area contributed by atoms with Crippen molar-refractivity contribution < 1.29 is 0 Å². The second-order valence-corrected chi connectivity index (χ2v) is 6.14. The van der Waals surface area contributed by atoms with E-state index in [9.17, 15) is 0 Å². The number of terminal acetylenes is 1. The Morgan fingerprint density at radius 2 is 1.61 bits per heavy atom. The first-order chi connectivity index (χ1) is 8.54. The molecule has 0 spiro atoms. The van der Waals surface area contributed by atoms with Gasteiger partial charge in [0.1, 0.15) is 0 Å². The molecule has 88 valence electrons. The summed E-state index contributed by atoms with van der Waals surface area (Å²) in [4.78, 5) is 0. The van der Waals surface area contributed by atoms with Crippen LogP contribution < -0.4 is 0 Å². The van der Waals surface area contributed by atoms with E-state index in [0.29, 0.717) is 0 Å². The van der Waals surface area contributed by atoms with Gasteiger partial charge in [-0.25, -0.2) is 0 Å². The lowest BCUT2D eigenvalue weighted by Gasteiger charge is -2.21. The molecule has 0 heterocycles. The standard InChI is InChI=1S/C17H13Br/c1-4-11-5-7-13-14-8-6-12(18)10-16(14)17(2,3)15(13)9-11/h1,5-10H,2-3H3. The van der Waals surface area contributed by atoms with E-state index < -0.39 is 0 Å². The Kier molecular flexibility index (Phi) is 2.40. The van der Waals surface area contributed by atoms with Gasteiger partial charge in [0.15, 0.2) is 0 Å². The molecule has 1 heteroatoms. The third kappa shape index (κ3) is 1.46. The summed E-state index contributed by atoms with van der Waals surface area (Å²) in [5.41, 5.74) is 6.28. The average molecular weight is 297 g/mol. The molecule has 2 aromatic carbocycles. The molecule has 0 nitrogen and oxygen atoms in total. The molecule has 1 aliphatic carbocycles. The summed E-state index contributed by atoms with van der Waals surface area (Å²) in [5, 5.41) is 0. The van der Waals surface area contributed by atoms with Gasteiger partial charge < -0.3 is 0 Å². The Bertz CT molecular complexity index is 687. The van der Waals surface area contributed by atoms with Crippen LogP contribution in [0.15, 0.2) is 40.9 Å². The van der Waals surface area contributed by atoms with E-state index in [4.69, 9.17) is 6.42 Å². The van der Waals surface area contributed by atoms with Crippen molar-refractivity contribution in [3.63, 3.8) is 0 Å². The van der Waals surface area contributed by atoms with Crippen LogP contribution in [0.1, 0.15) is 30.5 Å². The molecular formula is C17H13Br. The summed E-state index contributed by atoms with van der Waals surface area (Å²) in [6.45, 7) is 4.51. The Labute approximate surface area is 116 Å². The Morgan fingerprint density at radius 3 is 2.28 bits per heavy atom. The average Bonchev–Trinajstić information content (AvgIpc) is 2.58. The number of halogens is 1. The van der Waals surface area contributed by atoms with Gasteiger partial charge in [0.2, 0.25) is 0 Å². The maximum atomic E-state index is 5.50. The summed E-state index contributed by atoms with van der Waals surface area (Å²) >= 11 is 3.56. The zero-order chi connectivity index (χ0) is 12.9. The molecule has 0 radical (unpaired) electrons. The number of benzene rings is 2. The van der Waals surface area contributed by atoms with Crippen LogP contribution in [-0.4, -0.2) is 0 Å². The van der Waals surface area contributed by atoms with Crippen molar-refractivity contribution in [2.24, 2.45) is 0 Å². The minimum atomic E-state index is 0.0152. The smallest absolute Gasteiger partial charge is 0.0246 e. The van der Waals surface area contributed by atoms with Gasteiger partial charge in [-0.3, -0.25) is 0 Å². The lowest BCUT2D eigenvalue weighted by Crippen LogP contribution is -2.15. The molecule has 0 bridgehead atoms. The van der Waals surface area contributed by atoms with E-state index in [2.05, 4.69) is 66.0 Å². The normalized spacial score (nSPS) is 14.8.